The molecule has 0 atom stereocenters. The Labute approximate surface area is 96.7 Å². The van der Waals surface area contributed by atoms with Crippen molar-refractivity contribution in [2.75, 3.05) is 26.0 Å². The monoisotopic (exact) mass is 276 g/mol. The van der Waals surface area contributed by atoms with Crippen molar-refractivity contribution >= 4 is 33.5 Å². The summed E-state index contributed by atoms with van der Waals surface area (Å²) in [5.41, 5.74) is 0.360. The van der Waals surface area contributed by atoms with Crippen LogP contribution in [0.25, 0.3) is 0 Å². The van der Waals surface area contributed by atoms with Gasteiger partial charge in [-0.05, 0) is 6.08 Å². The lowest BCUT2D eigenvalue weighted by molar-refractivity contribution is -0.110. The Morgan fingerprint density at radius 1 is 1.53 bits per heavy atom. The molecule has 0 spiro atoms. The number of hydrogen-bond acceptors (Lipinski definition) is 4. The molecule has 1 N–H and O–H groups in total. The molecule has 0 rings (SSSR count). The molecule has 0 aliphatic carbocycles. The van der Waals surface area contributed by atoms with Gasteiger partial charge in [0.1, 0.15) is 5.71 Å². The van der Waals surface area contributed by atoms with Gasteiger partial charge in [0.15, 0.2) is 5.78 Å². The standard InChI is InChI=1S/C9H13BrN2O3/c1-11-7(8(13)6-10)4-3-5-12-9(14)15-2/h3-4H,5-6H2,1-2H3,(H,12,14)/b4-3-,11-7+. The predicted molar refractivity (Wildman–Crippen MR) is 61.7 cm³/mol. The fourth-order valence-corrected chi connectivity index (χ4v) is 1.03. The fourth-order valence-electron chi connectivity index (χ4n) is 0.746. The summed E-state index contributed by atoms with van der Waals surface area (Å²) in [5, 5.41) is 2.67. The molecule has 1 amide bonds. The number of amides is 1. The number of rotatable bonds is 5. The van der Waals surface area contributed by atoms with Crippen LogP contribution in [0.15, 0.2) is 17.1 Å². The third-order valence-corrected chi connectivity index (χ3v) is 1.98. The van der Waals surface area contributed by atoms with Crippen LogP contribution in [0.3, 0.4) is 0 Å². The summed E-state index contributed by atoms with van der Waals surface area (Å²) < 4.78 is 4.36. The Bertz CT molecular complexity index is 287. The number of hydrogen-bond donors (Lipinski definition) is 1. The van der Waals surface area contributed by atoms with E-state index in [0.29, 0.717) is 12.3 Å². The van der Waals surface area contributed by atoms with Crippen molar-refractivity contribution in [3.63, 3.8) is 0 Å². The number of aliphatic imine (C=N–C) groups is 1. The lowest BCUT2D eigenvalue weighted by Crippen LogP contribution is -2.23. The number of ketones is 1. The summed E-state index contributed by atoms with van der Waals surface area (Å²) in [6.45, 7) is 0.293. The van der Waals surface area contributed by atoms with Crippen LogP contribution in [0.1, 0.15) is 0 Å². The maximum Gasteiger partial charge on any atom is 0.407 e. The number of nitrogens with zero attached hydrogens (tertiary/aromatic N) is 1. The minimum Gasteiger partial charge on any atom is -0.453 e. The number of alkyl carbamates (subject to hydrolysis) is 1. The van der Waals surface area contributed by atoms with Gasteiger partial charge in [0.2, 0.25) is 0 Å². The summed E-state index contributed by atoms with van der Waals surface area (Å²) in [5.74, 6) is -0.105. The summed E-state index contributed by atoms with van der Waals surface area (Å²) in [7, 11) is 2.82. The molecule has 0 fully saturated rings. The Morgan fingerprint density at radius 3 is 2.67 bits per heavy atom. The number of carbonyl (C=O) groups excluding carboxylic acids is 2. The van der Waals surface area contributed by atoms with Gasteiger partial charge in [-0.25, -0.2) is 4.79 Å². The highest BCUT2D eigenvalue weighted by atomic mass is 79.9. The Kier molecular flexibility index (Phi) is 7.53. The number of nitrogens with one attached hydrogen (secondary N) is 1. The van der Waals surface area contributed by atoms with Crippen LogP contribution in [0.4, 0.5) is 4.79 Å². The highest BCUT2D eigenvalue weighted by Crippen LogP contribution is 1.89. The highest BCUT2D eigenvalue weighted by Gasteiger charge is 2.04. The molecule has 5 nitrogen and oxygen atoms in total. The van der Waals surface area contributed by atoms with Gasteiger partial charge in [0.25, 0.3) is 0 Å². The second kappa shape index (κ2) is 8.16. The molecule has 0 unspecified atom stereocenters. The minimum atomic E-state index is -0.513. The van der Waals surface area contributed by atoms with E-state index in [-0.39, 0.29) is 11.1 Å². The zero-order valence-electron chi connectivity index (χ0n) is 8.62. The zero-order chi connectivity index (χ0) is 11.7. The first-order chi connectivity index (χ1) is 7.15. The number of alkyl halides is 1. The van der Waals surface area contributed by atoms with Crippen LogP contribution in [0.5, 0.6) is 0 Å². The highest BCUT2D eigenvalue weighted by molar-refractivity contribution is 9.09. The molecule has 0 aromatic heterocycles. The molecule has 0 aromatic carbocycles. The molecule has 0 aromatic rings. The van der Waals surface area contributed by atoms with Gasteiger partial charge in [0.05, 0.1) is 12.4 Å². The Balaban J connectivity index is 4.04. The van der Waals surface area contributed by atoms with E-state index in [9.17, 15) is 9.59 Å². The molecule has 0 aliphatic rings. The van der Waals surface area contributed by atoms with E-state index >= 15 is 0 Å². The van der Waals surface area contributed by atoms with Crippen molar-refractivity contribution in [3.05, 3.63) is 12.2 Å². The van der Waals surface area contributed by atoms with E-state index in [1.54, 1.807) is 12.2 Å². The van der Waals surface area contributed by atoms with Crippen molar-refractivity contribution in [1.82, 2.24) is 5.32 Å². The molecule has 0 aliphatic heterocycles. The number of ether oxygens (including phenoxy) is 1. The van der Waals surface area contributed by atoms with E-state index in [1.165, 1.54) is 14.2 Å². The number of allylic oxidation sites excluding steroid dienone is 1. The van der Waals surface area contributed by atoms with Crippen LogP contribution in [0, 0.1) is 0 Å². The van der Waals surface area contributed by atoms with Gasteiger partial charge >= 0.3 is 6.09 Å². The summed E-state index contributed by atoms with van der Waals surface area (Å²) in [6.07, 6.45) is 2.67. The average Bonchev–Trinajstić information content (AvgIpc) is 2.27. The van der Waals surface area contributed by atoms with E-state index < -0.39 is 6.09 Å². The van der Waals surface area contributed by atoms with Gasteiger partial charge in [-0.15, -0.1) is 0 Å². The second-order valence-electron chi connectivity index (χ2n) is 2.44. The SMILES string of the molecule is C/N=C(\C=C/CNC(=O)OC)C(=O)CBr. The molecular weight excluding hydrogens is 264 g/mol. The first kappa shape index (κ1) is 13.8. The average molecular weight is 277 g/mol. The predicted octanol–water partition coefficient (Wildman–Crippen LogP) is 0.933. The molecule has 0 saturated carbocycles. The quantitative estimate of drug-likeness (QED) is 0.600. The van der Waals surface area contributed by atoms with Gasteiger partial charge in [-0.1, -0.05) is 22.0 Å². The molecule has 0 saturated heterocycles. The normalized spacial score (nSPS) is 11.5. The lowest BCUT2D eigenvalue weighted by atomic mass is 10.2. The molecule has 84 valence electrons. The van der Waals surface area contributed by atoms with Crippen LogP contribution in [0.2, 0.25) is 0 Å². The molecule has 0 bridgehead atoms. The number of Topliss-reactive ketones (excluding diaryl/α,β-unsaturated/α-hetero) is 1. The number of halogens is 1. The van der Waals surface area contributed by atoms with Crippen LogP contribution in [-0.2, 0) is 9.53 Å². The number of carbonyl (C=O) groups is 2. The largest absolute Gasteiger partial charge is 0.453 e. The minimum absolute atomic E-state index is 0.105. The van der Waals surface area contributed by atoms with E-state index in [4.69, 9.17) is 0 Å². The maximum atomic E-state index is 11.2. The fraction of sp³-hybridized carbons (Fsp3) is 0.444. The van der Waals surface area contributed by atoms with Crippen molar-refractivity contribution in [2.45, 2.75) is 0 Å². The van der Waals surface area contributed by atoms with Crippen molar-refractivity contribution in [1.29, 1.82) is 0 Å². The third-order valence-electron chi connectivity index (χ3n) is 1.47. The van der Waals surface area contributed by atoms with Crippen molar-refractivity contribution in [3.8, 4) is 0 Å². The molecule has 6 heteroatoms. The topological polar surface area (TPSA) is 67.8 Å². The Hall–Kier alpha value is -1.17. The molecular formula is C9H13BrN2O3. The van der Waals surface area contributed by atoms with E-state index in [0.717, 1.165) is 0 Å². The van der Waals surface area contributed by atoms with Gasteiger partial charge in [-0.2, -0.15) is 0 Å². The van der Waals surface area contributed by atoms with Crippen molar-refractivity contribution < 1.29 is 14.3 Å². The van der Waals surface area contributed by atoms with E-state index in [1.807, 2.05) is 0 Å². The zero-order valence-corrected chi connectivity index (χ0v) is 10.2. The Morgan fingerprint density at radius 2 is 2.20 bits per heavy atom. The van der Waals surface area contributed by atoms with Gasteiger partial charge in [-0.3, -0.25) is 9.79 Å². The van der Waals surface area contributed by atoms with Crippen LogP contribution >= 0.6 is 15.9 Å². The third kappa shape index (κ3) is 6.01. The second-order valence-corrected chi connectivity index (χ2v) is 3.00. The van der Waals surface area contributed by atoms with Crippen LogP contribution in [-0.4, -0.2) is 43.6 Å². The summed E-state index contributed by atoms with van der Waals surface area (Å²) in [6, 6.07) is 0. The summed E-state index contributed by atoms with van der Waals surface area (Å²) in [4.78, 5) is 25.6. The summed E-state index contributed by atoms with van der Waals surface area (Å²) >= 11 is 3.05. The first-order valence-corrected chi connectivity index (χ1v) is 5.32. The molecule has 0 heterocycles. The molecule has 0 radical (unpaired) electrons. The molecule has 15 heavy (non-hydrogen) atoms. The van der Waals surface area contributed by atoms with E-state index in [2.05, 4.69) is 31.0 Å². The maximum absolute atomic E-state index is 11.2. The lowest BCUT2D eigenvalue weighted by Gasteiger charge is -1.98. The first-order valence-electron chi connectivity index (χ1n) is 4.20. The number of methoxy groups -OCH3 is 1. The van der Waals surface area contributed by atoms with Crippen molar-refractivity contribution in [2.24, 2.45) is 4.99 Å². The van der Waals surface area contributed by atoms with Gasteiger partial charge in [0, 0.05) is 13.6 Å². The smallest absolute Gasteiger partial charge is 0.407 e. The van der Waals surface area contributed by atoms with Crippen LogP contribution < -0.4 is 5.32 Å². The van der Waals surface area contributed by atoms with Gasteiger partial charge < -0.3 is 10.1 Å².